The number of nitriles is 1. The average Bonchev–Trinajstić information content (AvgIpc) is 2.94. The molecule has 0 aliphatic rings. The Kier molecular flexibility index (Phi) is 3.27. The highest BCUT2D eigenvalue weighted by atomic mass is 79.9. The van der Waals surface area contributed by atoms with E-state index in [0.29, 0.717) is 16.9 Å². The fraction of sp³-hybridized carbons (Fsp3) is 0.0769. The molecule has 3 aromatic rings. The molecule has 2 aromatic heterocycles. The standard InChI is InChI=1S/C13H8BrN3S2/c14-12-4-2-9(19-12)7-17-11-5-8(6-15)1-3-10(11)16-13(17)18/h1-5H,7H2,(H,16,18). The number of aromatic amines is 1. The molecule has 0 aliphatic heterocycles. The first-order chi connectivity index (χ1) is 9.17. The van der Waals surface area contributed by atoms with Crippen LogP contribution in [0.4, 0.5) is 0 Å². The summed E-state index contributed by atoms with van der Waals surface area (Å²) in [5, 5.41) is 8.99. The van der Waals surface area contributed by atoms with Crippen molar-refractivity contribution in [1.29, 1.82) is 5.26 Å². The lowest BCUT2D eigenvalue weighted by molar-refractivity contribution is 0.823. The molecule has 1 N–H and O–H groups in total. The lowest BCUT2D eigenvalue weighted by Gasteiger charge is -2.02. The van der Waals surface area contributed by atoms with Crippen LogP contribution in [0.1, 0.15) is 10.4 Å². The number of H-pyrrole nitrogens is 1. The summed E-state index contributed by atoms with van der Waals surface area (Å²) < 4.78 is 3.80. The second-order valence-electron chi connectivity index (χ2n) is 4.07. The quantitative estimate of drug-likeness (QED) is 0.695. The smallest absolute Gasteiger partial charge is 0.178 e. The van der Waals surface area contributed by atoms with Crippen LogP contribution in [0.3, 0.4) is 0 Å². The van der Waals surface area contributed by atoms with E-state index in [2.05, 4.69) is 33.0 Å². The van der Waals surface area contributed by atoms with Crippen molar-refractivity contribution in [3.05, 3.63) is 49.3 Å². The molecule has 0 aliphatic carbocycles. The van der Waals surface area contributed by atoms with Crippen LogP contribution in [0, 0.1) is 16.1 Å². The summed E-state index contributed by atoms with van der Waals surface area (Å²) in [6.07, 6.45) is 0. The summed E-state index contributed by atoms with van der Waals surface area (Å²) >= 11 is 10.5. The molecule has 2 heterocycles. The number of imidazole rings is 1. The van der Waals surface area contributed by atoms with Crippen molar-refractivity contribution in [2.75, 3.05) is 0 Å². The molecule has 0 saturated heterocycles. The van der Waals surface area contributed by atoms with Crippen molar-refractivity contribution < 1.29 is 0 Å². The molecule has 94 valence electrons. The topological polar surface area (TPSA) is 44.5 Å². The Morgan fingerprint density at radius 3 is 2.89 bits per heavy atom. The number of hydrogen-bond donors (Lipinski definition) is 1. The average molecular weight is 350 g/mol. The molecule has 3 nitrogen and oxygen atoms in total. The summed E-state index contributed by atoms with van der Waals surface area (Å²) in [6.45, 7) is 0.712. The molecule has 0 amide bonds. The van der Waals surface area contributed by atoms with Crippen LogP contribution >= 0.6 is 39.5 Å². The van der Waals surface area contributed by atoms with Crippen LogP contribution in [0.25, 0.3) is 11.0 Å². The van der Waals surface area contributed by atoms with Crippen LogP contribution in [-0.4, -0.2) is 9.55 Å². The molecule has 0 bridgehead atoms. The third kappa shape index (κ3) is 2.37. The van der Waals surface area contributed by atoms with Crippen LogP contribution in [0.15, 0.2) is 34.1 Å². The van der Waals surface area contributed by atoms with Crippen LogP contribution in [-0.2, 0) is 6.54 Å². The number of thiophene rings is 1. The van der Waals surface area contributed by atoms with Gasteiger partial charge < -0.3 is 9.55 Å². The maximum Gasteiger partial charge on any atom is 0.178 e. The Hall–Kier alpha value is -1.42. The zero-order chi connectivity index (χ0) is 13.4. The first kappa shape index (κ1) is 12.6. The molecule has 3 rings (SSSR count). The van der Waals surface area contributed by atoms with Gasteiger partial charge in [0.05, 0.1) is 33.0 Å². The molecule has 0 radical (unpaired) electrons. The van der Waals surface area contributed by atoms with E-state index in [1.165, 1.54) is 4.88 Å². The van der Waals surface area contributed by atoms with Crippen molar-refractivity contribution in [2.45, 2.75) is 6.54 Å². The van der Waals surface area contributed by atoms with E-state index in [1.807, 2.05) is 22.8 Å². The van der Waals surface area contributed by atoms with Crippen molar-refractivity contribution in [3.63, 3.8) is 0 Å². The summed E-state index contributed by atoms with van der Waals surface area (Å²) in [5.41, 5.74) is 2.57. The maximum absolute atomic E-state index is 8.99. The van der Waals surface area contributed by atoms with Gasteiger partial charge >= 0.3 is 0 Å². The van der Waals surface area contributed by atoms with E-state index in [1.54, 1.807) is 17.4 Å². The van der Waals surface area contributed by atoms with E-state index >= 15 is 0 Å². The fourth-order valence-corrected chi connectivity index (χ4v) is 3.72. The Bertz CT molecular complexity index is 851. The van der Waals surface area contributed by atoms with Crippen LogP contribution < -0.4 is 0 Å². The molecule has 0 spiro atoms. The second-order valence-corrected chi connectivity index (χ2v) is 7.00. The van der Waals surface area contributed by atoms with Gasteiger partial charge in [-0.3, -0.25) is 0 Å². The molecule has 0 atom stereocenters. The summed E-state index contributed by atoms with van der Waals surface area (Å²) in [4.78, 5) is 4.38. The maximum atomic E-state index is 8.99. The van der Waals surface area contributed by atoms with E-state index in [0.717, 1.165) is 14.8 Å². The molecule has 19 heavy (non-hydrogen) atoms. The first-order valence-corrected chi connectivity index (χ1v) is 7.56. The minimum absolute atomic E-state index is 0.641. The number of nitrogens with one attached hydrogen (secondary N) is 1. The Morgan fingerprint density at radius 2 is 2.21 bits per heavy atom. The number of aromatic nitrogens is 2. The van der Waals surface area contributed by atoms with Gasteiger partial charge in [-0.2, -0.15) is 5.26 Å². The van der Waals surface area contributed by atoms with Gasteiger partial charge in [-0.1, -0.05) is 0 Å². The number of hydrogen-bond acceptors (Lipinski definition) is 3. The van der Waals surface area contributed by atoms with E-state index in [9.17, 15) is 0 Å². The van der Waals surface area contributed by atoms with Crippen molar-refractivity contribution >= 4 is 50.5 Å². The van der Waals surface area contributed by atoms with Crippen molar-refractivity contribution in [1.82, 2.24) is 9.55 Å². The number of nitrogens with zero attached hydrogens (tertiary/aromatic N) is 2. The fourth-order valence-electron chi connectivity index (χ4n) is 1.97. The second kappa shape index (κ2) is 4.93. The van der Waals surface area contributed by atoms with Crippen molar-refractivity contribution in [3.8, 4) is 6.07 Å². The minimum Gasteiger partial charge on any atom is -0.331 e. The van der Waals surface area contributed by atoms with Crippen molar-refractivity contribution in [2.24, 2.45) is 0 Å². The Morgan fingerprint density at radius 1 is 1.37 bits per heavy atom. The van der Waals surface area contributed by atoms with E-state index in [4.69, 9.17) is 17.5 Å². The first-order valence-electron chi connectivity index (χ1n) is 5.54. The van der Waals surface area contributed by atoms with Gasteiger partial charge in [0, 0.05) is 4.88 Å². The predicted octanol–water partition coefficient (Wildman–Crippen LogP) is 4.44. The van der Waals surface area contributed by atoms with Gasteiger partial charge in [-0.05, 0) is 58.5 Å². The summed E-state index contributed by atoms with van der Waals surface area (Å²) in [7, 11) is 0. The molecule has 0 fully saturated rings. The largest absolute Gasteiger partial charge is 0.331 e. The molecule has 0 unspecified atom stereocenters. The highest BCUT2D eigenvalue weighted by molar-refractivity contribution is 9.11. The lowest BCUT2D eigenvalue weighted by Crippen LogP contribution is -1.97. The van der Waals surface area contributed by atoms with E-state index in [-0.39, 0.29) is 0 Å². The van der Waals surface area contributed by atoms with Gasteiger partial charge in [0.25, 0.3) is 0 Å². The highest BCUT2D eigenvalue weighted by Gasteiger charge is 2.07. The minimum atomic E-state index is 0.641. The summed E-state index contributed by atoms with van der Waals surface area (Å²) in [5.74, 6) is 0. The van der Waals surface area contributed by atoms with Crippen LogP contribution in [0.2, 0.25) is 0 Å². The number of rotatable bonds is 2. The Balaban J connectivity index is 2.14. The zero-order valence-corrected chi connectivity index (χ0v) is 12.9. The molecular weight excluding hydrogens is 342 g/mol. The normalized spacial score (nSPS) is 10.7. The molecule has 6 heteroatoms. The molecule has 0 saturated carbocycles. The Labute approximate surface area is 127 Å². The summed E-state index contributed by atoms with van der Waals surface area (Å²) in [6, 6.07) is 11.8. The zero-order valence-electron chi connectivity index (χ0n) is 9.68. The van der Waals surface area contributed by atoms with Gasteiger partial charge in [-0.25, -0.2) is 0 Å². The number of benzene rings is 1. The van der Waals surface area contributed by atoms with Gasteiger partial charge in [0.15, 0.2) is 4.77 Å². The number of halogens is 1. The number of fused-ring (bicyclic) bond motifs is 1. The highest BCUT2D eigenvalue weighted by Crippen LogP contribution is 2.24. The van der Waals surface area contributed by atoms with E-state index < -0.39 is 0 Å². The van der Waals surface area contributed by atoms with Gasteiger partial charge in [0.1, 0.15) is 0 Å². The monoisotopic (exact) mass is 349 g/mol. The predicted molar refractivity (Wildman–Crippen MR) is 83.0 cm³/mol. The molecule has 1 aromatic carbocycles. The van der Waals surface area contributed by atoms with Crippen LogP contribution in [0.5, 0.6) is 0 Å². The third-order valence-electron chi connectivity index (χ3n) is 2.85. The van der Waals surface area contributed by atoms with Gasteiger partial charge in [0.2, 0.25) is 0 Å². The SMILES string of the molecule is N#Cc1ccc2[nH]c(=S)n(Cc3ccc(Br)s3)c2c1. The molecular formula is C13H8BrN3S2. The lowest BCUT2D eigenvalue weighted by atomic mass is 10.2. The van der Waals surface area contributed by atoms with Gasteiger partial charge in [-0.15, -0.1) is 11.3 Å². The third-order valence-corrected chi connectivity index (χ3v) is 4.78.